The number of rotatable bonds is 2. The minimum atomic E-state index is 0.266. The second-order valence-electron chi connectivity index (χ2n) is 4.81. The van der Waals surface area contributed by atoms with Crippen molar-refractivity contribution in [2.24, 2.45) is 5.73 Å². The Bertz CT molecular complexity index is 548. The maximum absolute atomic E-state index is 5.93. The molecule has 1 fully saturated rings. The van der Waals surface area contributed by atoms with Gasteiger partial charge in [-0.05, 0) is 31.0 Å². The normalized spacial score (nSPS) is 19.4. The molecule has 2 N–H and O–H groups in total. The van der Waals surface area contributed by atoms with Gasteiger partial charge in [-0.3, -0.25) is 0 Å². The molecule has 1 saturated heterocycles. The molecule has 0 amide bonds. The number of aryl methyl sites for hydroxylation is 1. The quantitative estimate of drug-likeness (QED) is 0.858. The Labute approximate surface area is 106 Å². The van der Waals surface area contributed by atoms with Crippen LogP contribution in [-0.2, 0) is 0 Å². The van der Waals surface area contributed by atoms with Gasteiger partial charge in [-0.25, -0.2) is 9.67 Å². The van der Waals surface area contributed by atoms with Crippen LogP contribution in [0.1, 0.15) is 12.0 Å². The third-order valence-electron chi connectivity index (χ3n) is 3.21. The molecule has 0 bridgehead atoms. The van der Waals surface area contributed by atoms with Crippen LogP contribution in [0.2, 0.25) is 0 Å². The van der Waals surface area contributed by atoms with E-state index in [1.165, 1.54) is 0 Å². The highest BCUT2D eigenvalue weighted by atomic mass is 15.3. The van der Waals surface area contributed by atoms with Gasteiger partial charge < -0.3 is 10.6 Å². The van der Waals surface area contributed by atoms with Crippen LogP contribution < -0.4 is 10.6 Å². The van der Waals surface area contributed by atoms with Crippen LogP contribution in [0.15, 0.2) is 30.6 Å². The second kappa shape index (κ2) is 4.42. The Kier molecular flexibility index (Phi) is 2.76. The number of pyridine rings is 1. The van der Waals surface area contributed by atoms with Crippen LogP contribution in [0.4, 0.5) is 5.82 Å². The van der Waals surface area contributed by atoms with E-state index in [0.717, 1.165) is 36.7 Å². The van der Waals surface area contributed by atoms with Crippen LogP contribution in [0.3, 0.4) is 0 Å². The van der Waals surface area contributed by atoms with Gasteiger partial charge in [0, 0.05) is 25.3 Å². The van der Waals surface area contributed by atoms with E-state index in [1.807, 2.05) is 37.5 Å². The Balaban J connectivity index is 1.89. The third-order valence-corrected chi connectivity index (χ3v) is 3.21. The Morgan fingerprint density at radius 1 is 1.33 bits per heavy atom. The third kappa shape index (κ3) is 2.09. The maximum Gasteiger partial charge on any atom is 0.155 e. The molecule has 18 heavy (non-hydrogen) atoms. The van der Waals surface area contributed by atoms with Crippen LogP contribution in [-0.4, -0.2) is 33.9 Å². The summed E-state index contributed by atoms with van der Waals surface area (Å²) >= 11 is 0. The average molecular weight is 243 g/mol. The topological polar surface area (TPSA) is 60.0 Å². The summed E-state index contributed by atoms with van der Waals surface area (Å²) < 4.78 is 1.80. The molecule has 3 rings (SSSR count). The van der Waals surface area contributed by atoms with Gasteiger partial charge in [0.2, 0.25) is 0 Å². The molecule has 94 valence electrons. The monoisotopic (exact) mass is 243 g/mol. The highest BCUT2D eigenvalue weighted by molar-refractivity contribution is 5.43. The average Bonchev–Trinajstić information content (AvgIpc) is 2.98. The molecule has 2 aromatic heterocycles. The number of hydrogen-bond donors (Lipinski definition) is 1. The summed E-state index contributed by atoms with van der Waals surface area (Å²) in [5, 5.41) is 4.28. The van der Waals surface area contributed by atoms with Crippen molar-refractivity contribution in [1.82, 2.24) is 14.8 Å². The lowest BCUT2D eigenvalue weighted by molar-refractivity contribution is 0.751. The fourth-order valence-electron chi connectivity index (χ4n) is 2.25. The summed E-state index contributed by atoms with van der Waals surface area (Å²) in [6.45, 7) is 3.89. The van der Waals surface area contributed by atoms with E-state index in [0.29, 0.717) is 0 Å². The van der Waals surface area contributed by atoms with Crippen molar-refractivity contribution in [2.45, 2.75) is 19.4 Å². The van der Waals surface area contributed by atoms with Gasteiger partial charge in [-0.1, -0.05) is 6.07 Å². The number of anilines is 1. The van der Waals surface area contributed by atoms with E-state index >= 15 is 0 Å². The zero-order valence-electron chi connectivity index (χ0n) is 10.5. The summed E-state index contributed by atoms with van der Waals surface area (Å²) in [5.74, 6) is 1.83. The van der Waals surface area contributed by atoms with E-state index in [1.54, 1.807) is 4.68 Å². The van der Waals surface area contributed by atoms with Gasteiger partial charge >= 0.3 is 0 Å². The molecular weight excluding hydrogens is 226 g/mol. The molecule has 0 unspecified atom stereocenters. The lowest BCUT2D eigenvalue weighted by Crippen LogP contribution is -2.27. The number of nitrogens with two attached hydrogens (primary N) is 1. The van der Waals surface area contributed by atoms with Crippen LogP contribution >= 0.6 is 0 Å². The SMILES string of the molecule is Cc1cnn(-c2cccc(N3CC[C@H](N)C3)n2)c1. The number of nitrogens with zero attached hydrogens (tertiary/aromatic N) is 4. The zero-order valence-corrected chi connectivity index (χ0v) is 10.5. The molecule has 3 heterocycles. The standard InChI is InChI=1S/C13H17N5/c1-10-7-15-18(8-10)13-4-2-3-12(16-13)17-6-5-11(14)9-17/h2-4,7-8,11H,5-6,9,14H2,1H3/t11-/m0/s1. The molecular formula is C13H17N5. The lowest BCUT2D eigenvalue weighted by atomic mass is 10.3. The van der Waals surface area contributed by atoms with Crippen molar-refractivity contribution in [3.63, 3.8) is 0 Å². The first-order chi connectivity index (χ1) is 8.72. The summed E-state index contributed by atoms with van der Waals surface area (Å²) in [7, 11) is 0. The first-order valence-corrected chi connectivity index (χ1v) is 6.21. The largest absolute Gasteiger partial charge is 0.355 e. The van der Waals surface area contributed by atoms with Crippen LogP contribution in [0, 0.1) is 6.92 Å². The lowest BCUT2D eigenvalue weighted by Gasteiger charge is -2.17. The van der Waals surface area contributed by atoms with E-state index in [-0.39, 0.29) is 6.04 Å². The molecule has 1 atom stereocenters. The minimum Gasteiger partial charge on any atom is -0.355 e. The molecule has 5 nitrogen and oxygen atoms in total. The Morgan fingerprint density at radius 2 is 2.17 bits per heavy atom. The Hall–Kier alpha value is -1.88. The smallest absolute Gasteiger partial charge is 0.155 e. The molecule has 0 spiro atoms. The molecule has 1 aliphatic rings. The highest BCUT2D eigenvalue weighted by Crippen LogP contribution is 2.18. The van der Waals surface area contributed by atoms with Gasteiger partial charge in [0.1, 0.15) is 5.82 Å². The van der Waals surface area contributed by atoms with Crippen molar-refractivity contribution in [1.29, 1.82) is 0 Å². The van der Waals surface area contributed by atoms with Gasteiger partial charge in [-0.15, -0.1) is 0 Å². The first-order valence-electron chi connectivity index (χ1n) is 6.21. The molecule has 1 aliphatic heterocycles. The minimum absolute atomic E-state index is 0.266. The highest BCUT2D eigenvalue weighted by Gasteiger charge is 2.20. The molecule has 2 aromatic rings. The van der Waals surface area contributed by atoms with Crippen LogP contribution in [0.5, 0.6) is 0 Å². The Morgan fingerprint density at radius 3 is 2.83 bits per heavy atom. The van der Waals surface area contributed by atoms with Crippen molar-refractivity contribution >= 4 is 5.82 Å². The molecule has 0 saturated carbocycles. The second-order valence-corrected chi connectivity index (χ2v) is 4.81. The van der Waals surface area contributed by atoms with Crippen LogP contribution in [0.25, 0.3) is 5.82 Å². The van der Waals surface area contributed by atoms with E-state index in [4.69, 9.17) is 5.73 Å². The summed E-state index contributed by atoms with van der Waals surface area (Å²) in [6.07, 6.45) is 4.84. The van der Waals surface area contributed by atoms with E-state index in [2.05, 4.69) is 15.0 Å². The fourth-order valence-corrected chi connectivity index (χ4v) is 2.25. The number of hydrogen-bond acceptors (Lipinski definition) is 4. The first kappa shape index (κ1) is 11.2. The predicted octanol–water partition coefficient (Wildman–Crippen LogP) is 1.11. The van der Waals surface area contributed by atoms with Gasteiger partial charge in [0.15, 0.2) is 5.82 Å². The zero-order chi connectivity index (χ0) is 12.5. The summed E-state index contributed by atoms with van der Waals surface area (Å²) in [5.41, 5.74) is 7.06. The van der Waals surface area contributed by atoms with E-state index in [9.17, 15) is 0 Å². The molecule has 0 aromatic carbocycles. The van der Waals surface area contributed by atoms with E-state index < -0.39 is 0 Å². The fraction of sp³-hybridized carbons (Fsp3) is 0.385. The molecule has 0 aliphatic carbocycles. The van der Waals surface area contributed by atoms with Gasteiger partial charge in [0.25, 0.3) is 0 Å². The van der Waals surface area contributed by atoms with Crippen molar-refractivity contribution < 1.29 is 0 Å². The predicted molar refractivity (Wildman–Crippen MR) is 70.9 cm³/mol. The molecule has 5 heteroatoms. The van der Waals surface area contributed by atoms with Gasteiger partial charge in [-0.2, -0.15) is 5.10 Å². The maximum atomic E-state index is 5.93. The van der Waals surface area contributed by atoms with Crippen molar-refractivity contribution in [3.8, 4) is 5.82 Å². The van der Waals surface area contributed by atoms with Crippen molar-refractivity contribution in [3.05, 3.63) is 36.2 Å². The van der Waals surface area contributed by atoms with Gasteiger partial charge in [0.05, 0.1) is 6.20 Å². The summed E-state index contributed by atoms with van der Waals surface area (Å²) in [4.78, 5) is 6.87. The summed E-state index contributed by atoms with van der Waals surface area (Å²) in [6, 6.07) is 6.27. The van der Waals surface area contributed by atoms with Crippen molar-refractivity contribution in [2.75, 3.05) is 18.0 Å². The number of aromatic nitrogens is 3. The molecule has 0 radical (unpaired) electrons.